The van der Waals surface area contributed by atoms with Crippen LogP contribution < -0.4 is 10.00 Å². The zero-order chi connectivity index (χ0) is 8.36. The van der Waals surface area contributed by atoms with E-state index in [9.17, 15) is 24.2 Å². The van der Waals surface area contributed by atoms with Crippen molar-refractivity contribution in [3.8, 4) is 0 Å². The van der Waals surface area contributed by atoms with Gasteiger partial charge in [0.2, 0.25) is 0 Å². The lowest BCUT2D eigenvalue weighted by Crippen LogP contribution is -2.34. The number of hydrogen-bond donors (Lipinski definition) is 1. The highest BCUT2D eigenvalue weighted by atomic mass is 31.2. The first-order chi connectivity index (χ1) is 4.33. The van der Waals surface area contributed by atoms with E-state index in [1.165, 1.54) is 0 Å². The topological polar surface area (TPSA) is 118 Å². The molecule has 0 heterocycles. The van der Waals surface area contributed by atoms with Gasteiger partial charge in [-0.2, -0.15) is 0 Å². The Morgan fingerprint density at radius 2 is 1.90 bits per heavy atom. The van der Waals surface area contributed by atoms with Gasteiger partial charge < -0.3 is 24.3 Å². The molecule has 0 bridgehead atoms. The third-order valence-corrected chi connectivity index (χ3v) is 1.26. The molecule has 0 aliphatic heterocycles. The van der Waals surface area contributed by atoms with Gasteiger partial charge in [-0.05, 0) is 0 Å². The van der Waals surface area contributed by atoms with E-state index in [0.29, 0.717) is 0 Å². The number of ketones is 1. The van der Waals surface area contributed by atoms with Crippen molar-refractivity contribution in [2.45, 2.75) is 0 Å². The summed E-state index contributed by atoms with van der Waals surface area (Å²) in [5, 5.41) is 9.55. The summed E-state index contributed by atoms with van der Waals surface area (Å²) in [6.07, 6.45) is -1.41. The van der Waals surface area contributed by atoms with Crippen LogP contribution in [0, 0.1) is 0 Å². The van der Waals surface area contributed by atoms with Crippen LogP contribution in [0.3, 0.4) is 0 Å². The summed E-state index contributed by atoms with van der Waals surface area (Å²) < 4.78 is 9.82. The van der Waals surface area contributed by atoms with Crippen LogP contribution in [-0.2, 0) is 14.2 Å². The zero-order valence-corrected chi connectivity index (χ0v) is 5.54. The fourth-order valence-electron chi connectivity index (χ4n) is 0.246. The number of carboxylic acids is 1. The molecule has 0 aromatic rings. The predicted octanol–water partition coefficient (Wildman–Crippen LogP) is -3.15. The van der Waals surface area contributed by atoms with E-state index in [-0.39, 0.29) is 0 Å². The van der Waals surface area contributed by atoms with Crippen LogP contribution in [0.5, 0.6) is 0 Å². The smallest absolute Gasteiger partial charge is 0.186 e. The molecule has 0 spiro atoms. The molecule has 1 atom stereocenters. The molecule has 0 amide bonds. The van der Waals surface area contributed by atoms with E-state index in [1.54, 1.807) is 0 Å². The molecule has 6 nitrogen and oxygen atoms in total. The van der Waals surface area contributed by atoms with Crippen LogP contribution >= 0.6 is 7.60 Å². The summed E-state index contributed by atoms with van der Waals surface area (Å²) in [7, 11) is -4.80. The summed E-state index contributed by atoms with van der Waals surface area (Å²) in [6.45, 7) is 0. The Morgan fingerprint density at radius 3 is 2.00 bits per heavy atom. The second-order valence-electron chi connectivity index (χ2n) is 1.51. The third-order valence-electron chi connectivity index (χ3n) is 0.571. The molecular formula is C3H3O6P-2. The third kappa shape index (κ3) is 4.20. The van der Waals surface area contributed by atoms with Gasteiger partial charge in [0.1, 0.15) is 13.6 Å². The average molecular weight is 166 g/mol. The Hall–Kier alpha value is -0.710. The van der Waals surface area contributed by atoms with Crippen LogP contribution in [0.2, 0.25) is 0 Å². The maximum atomic E-state index is 9.96. The summed E-state index contributed by atoms with van der Waals surface area (Å²) in [5.74, 6) is -3.77. The molecular weight excluding hydrogens is 163 g/mol. The molecule has 0 saturated heterocycles. The quantitative estimate of drug-likeness (QED) is 0.349. The summed E-state index contributed by atoms with van der Waals surface area (Å²) >= 11 is 0. The highest BCUT2D eigenvalue weighted by Crippen LogP contribution is 2.27. The highest BCUT2D eigenvalue weighted by molar-refractivity contribution is 7.51. The Kier molecular flexibility index (Phi) is 2.71. The molecule has 0 fully saturated rings. The van der Waals surface area contributed by atoms with Crippen molar-refractivity contribution in [1.82, 2.24) is 0 Å². The molecule has 58 valence electrons. The van der Waals surface area contributed by atoms with Gasteiger partial charge in [0.15, 0.2) is 5.78 Å². The van der Waals surface area contributed by atoms with Gasteiger partial charge >= 0.3 is 0 Å². The number of rotatable bonds is 3. The van der Waals surface area contributed by atoms with E-state index in [1.807, 2.05) is 0 Å². The van der Waals surface area contributed by atoms with Gasteiger partial charge in [0.25, 0.3) is 0 Å². The van der Waals surface area contributed by atoms with Crippen LogP contribution in [0.4, 0.5) is 0 Å². The fraction of sp³-hybridized carbons (Fsp3) is 0.333. The lowest BCUT2D eigenvalue weighted by molar-refractivity contribution is -0.299. The van der Waals surface area contributed by atoms with E-state index >= 15 is 0 Å². The SMILES string of the molecule is O=C([O-])C(=O)CP(=O)([O-])O. The average Bonchev–Trinajstić information content (AvgIpc) is 1.60. The summed E-state index contributed by atoms with van der Waals surface area (Å²) in [5.41, 5.74) is 0. The zero-order valence-electron chi connectivity index (χ0n) is 4.64. The van der Waals surface area contributed by atoms with Crippen molar-refractivity contribution in [2.24, 2.45) is 0 Å². The Labute approximate surface area is 55.6 Å². The number of carbonyl (C=O) groups excluding carboxylic acids is 2. The molecule has 0 aromatic carbocycles. The largest absolute Gasteiger partial charge is 0.778 e. The maximum absolute atomic E-state index is 9.96. The standard InChI is InChI=1S/C3H5O6P/c4-2(3(5)6)1-10(7,8)9/h1H2,(H,5,6)(H2,7,8,9)/p-2. The molecule has 7 heteroatoms. The second-order valence-corrected chi connectivity index (χ2v) is 3.10. The predicted molar refractivity (Wildman–Crippen MR) is 24.7 cm³/mol. The van der Waals surface area contributed by atoms with Crippen LogP contribution in [-0.4, -0.2) is 22.8 Å². The second kappa shape index (κ2) is 2.92. The van der Waals surface area contributed by atoms with E-state index in [4.69, 9.17) is 4.89 Å². The van der Waals surface area contributed by atoms with E-state index < -0.39 is 25.5 Å². The van der Waals surface area contributed by atoms with Gasteiger partial charge in [0.05, 0.1) is 6.16 Å². The molecule has 0 rings (SSSR count). The number of hydrogen-bond acceptors (Lipinski definition) is 5. The van der Waals surface area contributed by atoms with Crippen molar-refractivity contribution in [3.05, 3.63) is 0 Å². The van der Waals surface area contributed by atoms with Crippen LogP contribution in [0.1, 0.15) is 0 Å². The Bertz CT molecular complexity index is 201. The number of Topliss-reactive ketones (excluding diaryl/α,β-unsaturated/α-hetero) is 1. The van der Waals surface area contributed by atoms with Crippen LogP contribution in [0.15, 0.2) is 0 Å². The first-order valence-corrected chi connectivity index (χ1v) is 3.86. The van der Waals surface area contributed by atoms with Gasteiger partial charge in [-0.3, -0.25) is 4.79 Å². The fourth-order valence-corrected chi connectivity index (χ4v) is 0.738. The molecule has 1 N–H and O–H groups in total. The number of aliphatic carboxylic acids is 1. The maximum Gasteiger partial charge on any atom is 0.186 e. The molecule has 0 radical (unpaired) electrons. The molecule has 1 unspecified atom stereocenters. The van der Waals surface area contributed by atoms with Crippen LogP contribution in [0.25, 0.3) is 0 Å². The summed E-state index contributed by atoms with van der Waals surface area (Å²) in [4.78, 5) is 37.3. The molecule has 10 heavy (non-hydrogen) atoms. The number of carbonyl (C=O) groups is 2. The lowest BCUT2D eigenvalue weighted by Gasteiger charge is -2.13. The van der Waals surface area contributed by atoms with Crippen molar-refractivity contribution in [1.29, 1.82) is 0 Å². The van der Waals surface area contributed by atoms with Crippen molar-refractivity contribution in [2.75, 3.05) is 6.16 Å². The highest BCUT2D eigenvalue weighted by Gasteiger charge is 2.10. The van der Waals surface area contributed by atoms with Gasteiger partial charge in [-0.15, -0.1) is 0 Å². The monoisotopic (exact) mass is 166 g/mol. The summed E-state index contributed by atoms with van der Waals surface area (Å²) in [6, 6.07) is 0. The first-order valence-electron chi connectivity index (χ1n) is 2.10. The van der Waals surface area contributed by atoms with Crippen molar-refractivity contribution >= 4 is 19.3 Å². The lowest BCUT2D eigenvalue weighted by atomic mass is 10.5. The molecule has 0 saturated carbocycles. The minimum Gasteiger partial charge on any atom is -0.778 e. The van der Waals surface area contributed by atoms with Gasteiger partial charge in [-0.1, -0.05) is 0 Å². The Morgan fingerprint density at radius 1 is 1.50 bits per heavy atom. The van der Waals surface area contributed by atoms with Crippen molar-refractivity contribution < 1.29 is 29.0 Å². The normalized spacial score (nSPS) is 15.8. The first kappa shape index (κ1) is 9.29. The van der Waals surface area contributed by atoms with E-state index in [2.05, 4.69) is 0 Å². The van der Waals surface area contributed by atoms with Gasteiger partial charge in [-0.25, -0.2) is 0 Å². The molecule has 0 aliphatic rings. The number of carboxylic acid groups (broad SMARTS) is 1. The minimum atomic E-state index is -4.80. The minimum absolute atomic E-state index is 1.41. The Balaban J connectivity index is 4.07. The van der Waals surface area contributed by atoms with Gasteiger partial charge in [0, 0.05) is 0 Å². The molecule has 0 aromatic heterocycles. The van der Waals surface area contributed by atoms with Crippen molar-refractivity contribution in [3.63, 3.8) is 0 Å². The van der Waals surface area contributed by atoms with E-state index in [0.717, 1.165) is 0 Å². The molecule has 0 aliphatic carbocycles.